The summed E-state index contributed by atoms with van der Waals surface area (Å²) in [4.78, 5) is 32.7. The van der Waals surface area contributed by atoms with Crippen molar-refractivity contribution in [3.8, 4) is 0 Å². The summed E-state index contributed by atoms with van der Waals surface area (Å²) < 4.78 is 3.20. The molecule has 0 atom stereocenters. The monoisotopic (exact) mass is 377 g/mol. The number of nitrogens with two attached hydrogens (primary N) is 1. The van der Waals surface area contributed by atoms with Crippen LogP contribution in [0.4, 0.5) is 0 Å². The molecular formula is C19H19N7O2. The first-order valence-electron chi connectivity index (χ1n) is 8.81. The van der Waals surface area contributed by atoms with Gasteiger partial charge in [0, 0.05) is 17.8 Å². The Balaban J connectivity index is 1.53. The number of imidazole rings is 1. The number of aromatic nitrogens is 5. The van der Waals surface area contributed by atoms with Crippen LogP contribution in [0.5, 0.6) is 0 Å². The largest absolute Gasteiger partial charge is 0.365 e. The Bertz CT molecular complexity index is 1220. The fraction of sp³-hybridized carbons (Fsp3) is 0.211. The number of nitrogens with zero attached hydrogens (tertiary/aromatic N) is 5. The summed E-state index contributed by atoms with van der Waals surface area (Å²) in [6.45, 7) is 3.73. The number of benzene rings is 1. The molecule has 0 fully saturated rings. The molecule has 0 saturated heterocycles. The molecule has 142 valence electrons. The first-order chi connectivity index (χ1) is 13.5. The van der Waals surface area contributed by atoms with Crippen LogP contribution in [-0.4, -0.2) is 36.1 Å². The molecule has 0 aliphatic carbocycles. The quantitative estimate of drug-likeness (QED) is 0.546. The van der Waals surface area contributed by atoms with Crippen LogP contribution in [0.25, 0.3) is 16.7 Å². The highest BCUT2D eigenvalue weighted by atomic mass is 16.2. The van der Waals surface area contributed by atoms with E-state index in [9.17, 15) is 9.59 Å². The van der Waals surface area contributed by atoms with Gasteiger partial charge < -0.3 is 5.73 Å². The maximum atomic E-state index is 12.4. The molecule has 2 amide bonds. The van der Waals surface area contributed by atoms with E-state index in [0.717, 1.165) is 28.0 Å². The highest BCUT2D eigenvalue weighted by molar-refractivity contribution is 5.98. The van der Waals surface area contributed by atoms with Crippen LogP contribution in [0, 0.1) is 13.8 Å². The van der Waals surface area contributed by atoms with Crippen molar-refractivity contribution >= 4 is 28.5 Å². The third-order valence-electron chi connectivity index (χ3n) is 4.77. The normalized spacial score (nSPS) is 11.2. The number of primary amides is 1. The van der Waals surface area contributed by atoms with Crippen LogP contribution < -0.4 is 11.2 Å². The zero-order valence-corrected chi connectivity index (χ0v) is 15.5. The zero-order chi connectivity index (χ0) is 19.8. The number of hydrogen-bond donors (Lipinski definition) is 2. The average molecular weight is 377 g/mol. The topological polar surface area (TPSA) is 120 Å². The number of fused-ring (bicyclic) bond motifs is 2. The molecule has 9 nitrogen and oxygen atoms in total. The zero-order valence-electron chi connectivity index (χ0n) is 15.5. The second kappa shape index (κ2) is 6.76. The summed E-state index contributed by atoms with van der Waals surface area (Å²) in [7, 11) is 0. The van der Waals surface area contributed by atoms with Gasteiger partial charge in [0.2, 0.25) is 5.91 Å². The number of rotatable bonds is 5. The first kappa shape index (κ1) is 17.7. The number of carbonyl (C=O) groups excluding carboxylic acids is 2. The molecule has 28 heavy (non-hydrogen) atoms. The molecule has 1 aromatic carbocycles. The highest BCUT2D eigenvalue weighted by Gasteiger charge is 2.17. The molecule has 3 N–H and O–H groups in total. The van der Waals surface area contributed by atoms with Gasteiger partial charge >= 0.3 is 0 Å². The summed E-state index contributed by atoms with van der Waals surface area (Å²) in [5, 5.41) is 4.20. The molecule has 0 aliphatic heterocycles. The van der Waals surface area contributed by atoms with Gasteiger partial charge in [0.1, 0.15) is 11.9 Å². The van der Waals surface area contributed by atoms with Gasteiger partial charge in [-0.1, -0.05) is 12.1 Å². The van der Waals surface area contributed by atoms with Crippen molar-refractivity contribution in [2.45, 2.75) is 26.7 Å². The van der Waals surface area contributed by atoms with E-state index in [1.807, 2.05) is 38.1 Å². The number of amides is 2. The number of carbonyl (C=O) groups is 2. The lowest BCUT2D eigenvalue weighted by Gasteiger charge is -2.12. The van der Waals surface area contributed by atoms with E-state index >= 15 is 0 Å². The van der Waals surface area contributed by atoms with Gasteiger partial charge in [-0.15, -0.1) is 0 Å². The van der Waals surface area contributed by atoms with Crippen molar-refractivity contribution in [3.63, 3.8) is 0 Å². The number of nitrogens with one attached hydrogen (secondary N) is 1. The van der Waals surface area contributed by atoms with Crippen LogP contribution in [0.3, 0.4) is 0 Å². The minimum absolute atomic E-state index is 0.139. The lowest BCUT2D eigenvalue weighted by atomic mass is 10.1. The van der Waals surface area contributed by atoms with Crippen LogP contribution in [0.2, 0.25) is 0 Å². The summed E-state index contributed by atoms with van der Waals surface area (Å²) in [6, 6.07) is 7.57. The Kier molecular flexibility index (Phi) is 4.26. The minimum Gasteiger partial charge on any atom is -0.365 e. The predicted molar refractivity (Wildman–Crippen MR) is 103 cm³/mol. The van der Waals surface area contributed by atoms with E-state index in [2.05, 4.69) is 20.5 Å². The fourth-order valence-electron chi connectivity index (χ4n) is 3.32. The van der Waals surface area contributed by atoms with Crippen LogP contribution in [0.1, 0.15) is 33.7 Å². The summed E-state index contributed by atoms with van der Waals surface area (Å²) in [5.74, 6) is -0.707. The Labute approximate surface area is 160 Å². The van der Waals surface area contributed by atoms with Crippen molar-refractivity contribution < 1.29 is 9.59 Å². The Hall–Kier alpha value is -3.75. The lowest BCUT2D eigenvalue weighted by molar-refractivity contribution is -0.117. The molecule has 3 heterocycles. The van der Waals surface area contributed by atoms with Crippen LogP contribution in [0.15, 0.2) is 36.8 Å². The number of aryl methyl sites for hydroxylation is 2. The molecule has 4 rings (SSSR count). The van der Waals surface area contributed by atoms with E-state index in [4.69, 9.17) is 5.73 Å². The van der Waals surface area contributed by atoms with E-state index in [0.29, 0.717) is 12.1 Å². The Morgan fingerprint density at radius 1 is 1.21 bits per heavy atom. The fourth-order valence-corrected chi connectivity index (χ4v) is 3.32. The van der Waals surface area contributed by atoms with Crippen molar-refractivity contribution in [3.05, 3.63) is 59.3 Å². The van der Waals surface area contributed by atoms with Crippen molar-refractivity contribution in [2.24, 2.45) is 5.73 Å². The molecule has 0 radical (unpaired) electrons. The molecule has 0 unspecified atom stereocenters. The van der Waals surface area contributed by atoms with Crippen LogP contribution >= 0.6 is 0 Å². The smallest absolute Gasteiger partial charge is 0.254 e. The molecule has 3 aromatic heterocycles. The van der Waals surface area contributed by atoms with Gasteiger partial charge in [0.05, 0.1) is 17.2 Å². The standard InChI is InChI=1S/C19H19N7O2/c1-11-13(12(2)26-19(23-11)14(9-22-26)18(20)28)7-8-17(27)24-25-10-21-15-5-3-4-6-16(15)25/h3-6,9-10H,7-8H2,1-2H3,(H2,20,28)(H,24,27). The maximum absolute atomic E-state index is 12.4. The van der Waals surface area contributed by atoms with Crippen molar-refractivity contribution in [1.29, 1.82) is 0 Å². The van der Waals surface area contributed by atoms with E-state index in [-0.39, 0.29) is 17.9 Å². The average Bonchev–Trinajstić information content (AvgIpc) is 3.26. The third-order valence-corrected chi connectivity index (χ3v) is 4.77. The Morgan fingerprint density at radius 2 is 2.00 bits per heavy atom. The predicted octanol–water partition coefficient (Wildman–Crippen LogP) is 1.50. The molecular weight excluding hydrogens is 358 g/mol. The number of para-hydroxylation sites is 2. The number of hydrogen-bond acceptors (Lipinski definition) is 5. The second-order valence-electron chi connectivity index (χ2n) is 6.56. The first-order valence-corrected chi connectivity index (χ1v) is 8.81. The lowest BCUT2D eigenvalue weighted by Crippen LogP contribution is -2.22. The SMILES string of the molecule is Cc1nc2c(C(N)=O)cnn2c(C)c1CCC(=O)Nn1cnc2ccccc21. The van der Waals surface area contributed by atoms with E-state index in [1.54, 1.807) is 15.5 Å². The van der Waals surface area contributed by atoms with Gasteiger partial charge in [-0.25, -0.2) is 19.2 Å². The van der Waals surface area contributed by atoms with Gasteiger partial charge in [-0.3, -0.25) is 15.0 Å². The summed E-state index contributed by atoms with van der Waals surface area (Å²) in [5.41, 5.74) is 13.1. The third kappa shape index (κ3) is 2.96. The van der Waals surface area contributed by atoms with E-state index in [1.165, 1.54) is 6.20 Å². The molecule has 0 saturated carbocycles. The second-order valence-corrected chi connectivity index (χ2v) is 6.56. The van der Waals surface area contributed by atoms with Gasteiger partial charge in [0.25, 0.3) is 5.91 Å². The molecule has 0 bridgehead atoms. The highest BCUT2D eigenvalue weighted by Crippen LogP contribution is 2.18. The summed E-state index contributed by atoms with van der Waals surface area (Å²) in [6.07, 6.45) is 3.76. The van der Waals surface area contributed by atoms with E-state index < -0.39 is 5.91 Å². The molecule has 0 aliphatic rings. The van der Waals surface area contributed by atoms with Gasteiger partial charge in [-0.05, 0) is 38.0 Å². The molecule has 0 spiro atoms. The van der Waals surface area contributed by atoms with Crippen LogP contribution in [-0.2, 0) is 11.2 Å². The Morgan fingerprint density at radius 3 is 2.79 bits per heavy atom. The van der Waals surface area contributed by atoms with Crippen molar-refractivity contribution in [2.75, 3.05) is 5.43 Å². The summed E-state index contributed by atoms with van der Waals surface area (Å²) >= 11 is 0. The minimum atomic E-state index is -0.569. The van der Waals surface area contributed by atoms with Crippen molar-refractivity contribution in [1.82, 2.24) is 24.3 Å². The molecule has 4 aromatic rings. The molecule has 9 heteroatoms. The maximum Gasteiger partial charge on any atom is 0.254 e. The van der Waals surface area contributed by atoms with Gasteiger partial charge in [0.15, 0.2) is 5.65 Å². The van der Waals surface area contributed by atoms with Gasteiger partial charge in [-0.2, -0.15) is 5.10 Å².